The average molecular weight is 466 g/mol. The number of hydrogen-bond donors (Lipinski definition) is 2. The minimum atomic E-state index is -3.81. The molecule has 9 heteroatoms. The van der Waals surface area contributed by atoms with Crippen LogP contribution in [0.5, 0.6) is 0 Å². The fourth-order valence-electron chi connectivity index (χ4n) is 4.21. The van der Waals surface area contributed by atoms with E-state index in [0.29, 0.717) is 28.6 Å². The first kappa shape index (κ1) is 21.3. The van der Waals surface area contributed by atoms with Gasteiger partial charge in [0, 0.05) is 41.2 Å². The van der Waals surface area contributed by atoms with Gasteiger partial charge in [0.25, 0.3) is 5.91 Å². The molecule has 6 nitrogen and oxygen atoms in total. The number of primary sulfonamides is 1. The smallest absolute Gasteiger partial charge is 0.254 e. The predicted octanol–water partition coefficient (Wildman–Crippen LogP) is 2.85. The molecule has 4 rings (SSSR count). The molecule has 0 spiro atoms. The Hall–Kier alpha value is -1.90. The number of carbonyl (C=O) groups excluding carboxylic acids is 1. The fourth-order valence-corrected chi connectivity index (χ4v) is 5.30. The van der Waals surface area contributed by atoms with Crippen molar-refractivity contribution < 1.29 is 13.2 Å². The topological polar surface area (TPSA) is 92.5 Å². The summed E-state index contributed by atoms with van der Waals surface area (Å²) in [5, 5.41) is 9.62. The van der Waals surface area contributed by atoms with E-state index in [4.69, 9.17) is 28.3 Å². The van der Waals surface area contributed by atoms with Crippen LogP contribution in [0, 0.1) is 5.92 Å². The zero-order valence-corrected chi connectivity index (χ0v) is 18.3. The molecule has 0 saturated carbocycles. The van der Waals surface area contributed by atoms with E-state index in [1.54, 1.807) is 6.07 Å². The van der Waals surface area contributed by atoms with Crippen molar-refractivity contribution in [2.24, 2.45) is 11.1 Å². The van der Waals surface area contributed by atoms with Gasteiger partial charge in [0.15, 0.2) is 0 Å². The maximum Gasteiger partial charge on any atom is 0.254 e. The summed E-state index contributed by atoms with van der Waals surface area (Å²) in [6.07, 6.45) is 2.76. The van der Waals surface area contributed by atoms with Crippen molar-refractivity contribution in [3.63, 3.8) is 0 Å². The van der Waals surface area contributed by atoms with E-state index in [9.17, 15) is 13.2 Å². The van der Waals surface area contributed by atoms with Crippen LogP contribution in [-0.2, 0) is 16.4 Å². The number of nitrogens with two attached hydrogens (primary N) is 1. The van der Waals surface area contributed by atoms with E-state index in [1.807, 2.05) is 17.0 Å². The molecule has 2 aromatic carbocycles. The second kappa shape index (κ2) is 8.32. The molecule has 0 radical (unpaired) electrons. The van der Waals surface area contributed by atoms with Gasteiger partial charge in [-0.05, 0) is 60.0 Å². The Bertz CT molecular complexity index is 1100. The van der Waals surface area contributed by atoms with Crippen LogP contribution in [0.1, 0.15) is 15.9 Å². The number of rotatable bonds is 4. The highest BCUT2D eigenvalue weighted by Gasteiger charge is 2.40. The Morgan fingerprint density at radius 3 is 2.43 bits per heavy atom. The number of amides is 1. The van der Waals surface area contributed by atoms with E-state index in [-0.39, 0.29) is 22.8 Å². The Balaban J connectivity index is 1.65. The summed E-state index contributed by atoms with van der Waals surface area (Å²) in [7, 11) is -3.81. The van der Waals surface area contributed by atoms with Gasteiger partial charge in [-0.1, -0.05) is 29.3 Å². The highest BCUT2D eigenvalue weighted by molar-refractivity contribution is 7.89. The molecule has 1 fully saturated rings. The molecule has 2 atom stereocenters. The normalized spacial score (nSPS) is 21.3. The number of nitrogens with zero attached hydrogens (tertiary/aromatic N) is 1. The van der Waals surface area contributed by atoms with Crippen LogP contribution in [-0.4, -0.2) is 44.9 Å². The lowest BCUT2D eigenvalue weighted by Gasteiger charge is -2.26. The molecule has 30 heavy (non-hydrogen) atoms. The first-order valence-electron chi connectivity index (χ1n) is 9.52. The molecular formula is C21H21Cl2N3O3S. The summed E-state index contributed by atoms with van der Waals surface area (Å²) in [5.41, 5.74) is 2.61. The van der Waals surface area contributed by atoms with Gasteiger partial charge in [-0.3, -0.25) is 4.79 Å². The molecule has 1 saturated heterocycles. The monoisotopic (exact) mass is 465 g/mol. The Labute approximate surface area is 185 Å². The van der Waals surface area contributed by atoms with Crippen LogP contribution in [0.2, 0.25) is 10.0 Å². The lowest BCUT2D eigenvalue weighted by molar-refractivity contribution is 0.0740. The summed E-state index contributed by atoms with van der Waals surface area (Å²) >= 11 is 12.3. The van der Waals surface area contributed by atoms with Gasteiger partial charge in [0.1, 0.15) is 0 Å². The zero-order chi connectivity index (χ0) is 21.5. The maximum absolute atomic E-state index is 13.3. The standard InChI is InChI=1S/C21H21Cl2N3O3S/c22-16-7-13(8-17(23)10-16)9-20-19-5-6-25-11-15(19)12-26(20)21(27)14-1-3-18(4-2-14)30(24,28)29/h1-5,7-8,10,15,20,25H,6,9,11-12H2,(H2,24,28,29). The first-order chi connectivity index (χ1) is 14.2. The number of benzene rings is 2. The van der Waals surface area contributed by atoms with E-state index in [2.05, 4.69) is 11.4 Å². The lowest BCUT2D eigenvalue weighted by Crippen LogP contribution is -2.37. The number of likely N-dealkylation sites (tertiary alicyclic amines) is 1. The lowest BCUT2D eigenvalue weighted by atomic mass is 9.91. The molecule has 0 aromatic heterocycles. The number of sulfonamides is 1. The zero-order valence-electron chi connectivity index (χ0n) is 16.0. The number of carbonyl (C=O) groups is 1. The van der Waals surface area contributed by atoms with E-state index >= 15 is 0 Å². The van der Waals surface area contributed by atoms with Crippen molar-refractivity contribution in [1.29, 1.82) is 0 Å². The fraction of sp³-hybridized carbons (Fsp3) is 0.286. The van der Waals surface area contributed by atoms with Crippen molar-refractivity contribution in [3.05, 3.63) is 75.3 Å². The van der Waals surface area contributed by atoms with Gasteiger partial charge in [-0.25, -0.2) is 13.6 Å². The van der Waals surface area contributed by atoms with Crippen LogP contribution in [0.3, 0.4) is 0 Å². The summed E-state index contributed by atoms with van der Waals surface area (Å²) in [6.45, 7) is 2.17. The van der Waals surface area contributed by atoms with Crippen LogP contribution < -0.4 is 10.5 Å². The van der Waals surface area contributed by atoms with E-state index in [1.165, 1.54) is 29.8 Å². The van der Waals surface area contributed by atoms with Gasteiger partial charge in [-0.2, -0.15) is 0 Å². The summed E-state index contributed by atoms with van der Waals surface area (Å²) in [6, 6.07) is 11.0. The maximum atomic E-state index is 13.3. The molecule has 1 amide bonds. The first-order valence-corrected chi connectivity index (χ1v) is 11.8. The molecule has 2 aromatic rings. The Kier molecular flexibility index (Phi) is 5.92. The molecule has 2 unspecified atom stereocenters. The summed E-state index contributed by atoms with van der Waals surface area (Å²) in [4.78, 5) is 15.2. The second-order valence-electron chi connectivity index (χ2n) is 7.58. The number of hydrogen-bond acceptors (Lipinski definition) is 4. The minimum absolute atomic E-state index is 0.0221. The molecule has 0 bridgehead atoms. The largest absolute Gasteiger partial charge is 0.331 e. The van der Waals surface area contributed by atoms with Gasteiger partial charge in [0.2, 0.25) is 10.0 Å². The SMILES string of the molecule is NS(=O)(=O)c1ccc(C(=O)N2CC3CNCC=C3C2Cc2cc(Cl)cc(Cl)c2)cc1. The van der Waals surface area contributed by atoms with Crippen molar-refractivity contribution in [3.8, 4) is 0 Å². The third-order valence-electron chi connectivity index (χ3n) is 5.56. The minimum Gasteiger partial charge on any atom is -0.331 e. The van der Waals surface area contributed by atoms with Crippen molar-refractivity contribution >= 4 is 39.1 Å². The van der Waals surface area contributed by atoms with Gasteiger partial charge in [0.05, 0.1) is 10.9 Å². The molecule has 3 N–H and O–H groups in total. The van der Waals surface area contributed by atoms with Crippen LogP contribution in [0.25, 0.3) is 0 Å². The highest BCUT2D eigenvalue weighted by atomic mass is 35.5. The Morgan fingerprint density at radius 1 is 1.13 bits per heavy atom. The summed E-state index contributed by atoms with van der Waals surface area (Å²) in [5.74, 6) is 0.0930. The number of nitrogens with one attached hydrogen (secondary N) is 1. The van der Waals surface area contributed by atoms with Crippen LogP contribution >= 0.6 is 23.2 Å². The quantitative estimate of drug-likeness (QED) is 0.678. The van der Waals surface area contributed by atoms with Crippen LogP contribution in [0.15, 0.2) is 59.0 Å². The molecular weight excluding hydrogens is 445 g/mol. The number of fused-ring (bicyclic) bond motifs is 1. The highest BCUT2D eigenvalue weighted by Crippen LogP contribution is 2.34. The Morgan fingerprint density at radius 2 is 1.80 bits per heavy atom. The van der Waals surface area contributed by atoms with Gasteiger partial charge in [-0.15, -0.1) is 0 Å². The van der Waals surface area contributed by atoms with Crippen molar-refractivity contribution in [1.82, 2.24) is 10.2 Å². The van der Waals surface area contributed by atoms with Crippen LogP contribution in [0.4, 0.5) is 0 Å². The number of halogens is 2. The molecule has 0 aliphatic carbocycles. The van der Waals surface area contributed by atoms with E-state index in [0.717, 1.165) is 18.7 Å². The van der Waals surface area contributed by atoms with Gasteiger partial charge >= 0.3 is 0 Å². The second-order valence-corrected chi connectivity index (χ2v) is 10.0. The van der Waals surface area contributed by atoms with Crippen molar-refractivity contribution in [2.75, 3.05) is 19.6 Å². The molecule has 2 aliphatic heterocycles. The van der Waals surface area contributed by atoms with E-state index < -0.39 is 10.0 Å². The molecule has 158 valence electrons. The molecule has 2 heterocycles. The third kappa shape index (κ3) is 4.40. The van der Waals surface area contributed by atoms with Gasteiger partial charge < -0.3 is 10.2 Å². The molecule has 2 aliphatic rings. The van der Waals surface area contributed by atoms with Crippen molar-refractivity contribution in [2.45, 2.75) is 17.4 Å². The predicted molar refractivity (Wildman–Crippen MR) is 117 cm³/mol. The average Bonchev–Trinajstić information content (AvgIpc) is 3.04. The third-order valence-corrected chi connectivity index (χ3v) is 6.93. The summed E-state index contributed by atoms with van der Waals surface area (Å²) < 4.78 is 23.0.